The summed E-state index contributed by atoms with van der Waals surface area (Å²) >= 11 is 0. The summed E-state index contributed by atoms with van der Waals surface area (Å²) < 4.78 is 22.0. The first kappa shape index (κ1) is 14.4. The number of fused-ring (bicyclic) bond motifs is 1. The molecule has 0 bridgehead atoms. The monoisotopic (exact) mass is 275 g/mol. The van der Waals surface area contributed by atoms with Crippen LogP contribution in [-0.4, -0.2) is 48.0 Å². The van der Waals surface area contributed by atoms with Crippen LogP contribution in [-0.2, 0) is 18.0 Å². The van der Waals surface area contributed by atoms with E-state index < -0.39 is 8.80 Å². The van der Waals surface area contributed by atoms with Crippen LogP contribution in [0, 0.1) is 11.8 Å². The third-order valence-corrected chi connectivity index (χ3v) is 7.67. The molecule has 0 amide bonds. The first-order chi connectivity index (χ1) is 8.57. The largest absolute Gasteiger partial charge is 0.518 e. The molecule has 0 spiro atoms. The highest BCUT2D eigenvalue weighted by molar-refractivity contribution is 6.62. The fourth-order valence-corrected chi connectivity index (χ4v) is 5.42. The van der Waals surface area contributed by atoms with Gasteiger partial charge in [0.1, 0.15) is 0 Å². The quantitative estimate of drug-likeness (QED) is 0.577. The van der Waals surface area contributed by atoms with Gasteiger partial charge in [0, 0.05) is 21.3 Å². The summed E-state index contributed by atoms with van der Waals surface area (Å²) in [5, 5.41) is 0. The van der Waals surface area contributed by atoms with Crippen molar-refractivity contribution in [3.05, 3.63) is 0 Å². The van der Waals surface area contributed by atoms with E-state index in [-0.39, 0.29) is 5.67 Å². The van der Waals surface area contributed by atoms with E-state index in [1.54, 1.807) is 21.3 Å². The lowest BCUT2D eigenvalue weighted by molar-refractivity contribution is 0.0953. The van der Waals surface area contributed by atoms with Crippen LogP contribution in [0.3, 0.4) is 0 Å². The number of ether oxygens (including phenoxy) is 1. The zero-order valence-electron chi connectivity index (χ0n) is 11.7. The van der Waals surface area contributed by atoms with Gasteiger partial charge >= 0.3 is 8.80 Å². The number of epoxide rings is 1. The maximum absolute atomic E-state index is 6.36. The molecule has 0 aromatic heterocycles. The minimum absolute atomic E-state index is 0.183. The third-order valence-electron chi connectivity index (χ3n) is 4.62. The Hall–Kier alpha value is 0.0169. The van der Waals surface area contributed by atoms with E-state index in [2.05, 4.69) is 6.92 Å². The zero-order valence-corrected chi connectivity index (χ0v) is 12.7. The molecular weight excluding hydrogens is 250 g/mol. The lowest BCUT2D eigenvalue weighted by atomic mass is 9.81. The van der Waals surface area contributed by atoms with Gasteiger partial charge in [0.15, 0.2) is 0 Å². The molecule has 1 aliphatic carbocycles. The summed E-state index contributed by atoms with van der Waals surface area (Å²) in [4.78, 5) is 0. The minimum atomic E-state index is -2.74. The SMILES string of the molecule is CO[Si](OC)(OC)C(N)C(C)C1CCC2OC2C1. The van der Waals surface area contributed by atoms with Crippen molar-refractivity contribution in [2.75, 3.05) is 21.3 Å². The smallest absolute Gasteiger partial charge is 0.376 e. The molecule has 5 unspecified atom stereocenters. The van der Waals surface area contributed by atoms with Crippen molar-refractivity contribution >= 4 is 8.80 Å². The van der Waals surface area contributed by atoms with Crippen LogP contribution in [0.5, 0.6) is 0 Å². The average molecular weight is 275 g/mol. The van der Waals surface area contributed by atoms with Crippen molar-refractivity contribution in [2.24, 2.45) is 17.6 Å². The van der Waals surface area contributed by atoms with Crippen LogP contribution in [0.2, 0.25) is 0 Å². The molecule has 18 heavy (non-hydrogen) atoms. The predicted molar refractivity (Wildman–Crippen MR) is 69.9 cm³/mol. The molecule has 5 nitrogen and oxygen atoms in total. The zero-order chi connectivity index (χ0) is 13.3. The first-order valence-corrected chi connectivity index (χ1v) is 8.44. The highest BCUT2D eigenvalue weighted by Gasteiger charge is 2.52. The van der Waals surface area contributed by atoms with E-state index >= 15 is 0 Å². The van der Waals surface area contributed by atoms with Crippen molar-refractivity contribution in [3.8, 4) is 0 Å². The summed E-state index contributed by atoms with van der Waals surface area (Å²) in [6.45, 7) is 2.18. The summed E-state index contributed by atoms with van der Waals surface area (Å²) in [5.74, 6) is 0.901. The second kappa shape index (κ2) is 5.56. The summed E-state index contributed by atoms with van der Waals surface area (Å²) in [7, 11) is 2.11. The molecule has 1 aliphatic heterocycles. The molecule has 2 fully saturated rings. The summed E-state index contributed by atoms with van der Waals surface area (Å²) in [6.07, 6.45) is 4.45. The van der Waals surface area contributed by atoms with Crippen LogP contribution in [0.15, 0.2) is 0 Å². The lowest BCUT2D eigenvalue weighted by Crippen LogP contribution is -2.62. The molecule has 2 rings (SSSR count). The lowest BCUT2D eigenvalue weighted by Gasteiger charge is -2.37. The molecule has 6 heteroatoms. The molecule has 5 atom stereocenters. The maximum Gasteiger partial charge on any atom is 0.518 e. The fourth-order valence-electron chi connectivity index (χ4n) is 3.19. The molecule has 2 aliphatic rings. The first-order valence-electron chi connectivity index (χ1n) is 6.64. The Bertz CT molecular complexity index is 279. The molecule has 1 saturated carbocycles. The molecule has 0 radical (unpaired) electrons. The van der Waals surface area contributed by atoms with Gasteiger partial charge in [0.2, 0.25) is 0 Å². The molecule has 0 aromatic carbocycles. The third kappa shape index (κ3) is 2.50. The van der Waals surface area contributed by atoms with Crippen LogP contribution < -0.4 is 5.73 Å². The Labute approximate surface area is 110 Å². The maximum atomic E-state index is 6.36. The predicted octanol–water partition coefficient (Wildman–Crippen LogP) is 0.935. The molecule has 2 N–H and O–H groups in total. The van der Waals surface area contributed by atoms with Gasteiger partial charge < -0.3 is 23.7 Å². The topological polar surface area (TPSA) is 66.2 Å². The second-order valence-corrected chi connectivity index (χ2v) is 8.49. The van der Waals surface area contributed by atoms with Crippen molar-refractivity contribution < 1.29 is 18.0 Å². The summed E-state index contributed by atoms with van der Waals surface area (Å²) in [5.41, 5.74) is 6.18. The van der Waals surface area contributed by atoms with Gasteiger partial charge in [0.25, 0.3) is 0 Å². The normalized spacial score (nSPS) is 34.8. The highest BCUT2D eigenvalue weighted by Crippen LogP contribution is 2.43. The second-order valence-electron chi connectivity index (χ2n) is 5.39. The van der Waals surface area contributed by atoms with Crippen LogP contribution in [0.25, 0.3) is 0 Å². The van der Waals surface area contributed by atoms with E-state index in [0.29, 0.717) is 24.0 Å². The van der Waals surface area contributed by atoms with Crippen molar-refractivity contribution in [3.63, 3.8) is 0 Å². The van der Waals surface area contributed by atoms with Crippen molar-refractivity contribution in [1.29, 1.82) is 0 Å². The Morgan fingerprint density at radius 2 is 1.72 bits per heavy atom. The van der Waals surface area contributed by atoms with E-state index in [1.165, 1.54) is 6.42 Å². The van der Waals surface area contributed by atoms with E-state index in [4.69, 9.17) is 23.7 Å². The van der Waals surface area contributed by atoms with E-state index in [9.17, 15) is 0 Å². The van der Waals surface area contributed by atoms with E-state index in [0.717, 1.165) is 12.8 Å². The molecule has 1 saturated heterocycles. The van der Waals surface area contributed by atoms with Gasteiger partial charge in [-0.05, 0) is 31.1 Å². The van der Waals surface area contributed by atoms with E-state index in [1.807, 2.05) is 0 Å². The number of hydrogen-bond acceptors (Lipinski definition) is 5. The molecule has 1 heterocycles. The number of rotatable bonds is 6. The standard InChI is InChI=1S/C12H25NO4Si/c1-8(9-5-6-10-11(7-9)17-10)12(13)18(14-2,15-3)16-4/h8-12H,5-7,13H2,1-4H3. The van der Waals surface area contributed by atoms with Crippen LogP contribution in [0.4, 0.5) is 0 Å². The molecule has 0 aromatic rings. The van der Waals surface area contributed by atoms with Gasteiger partial charge in [-0.2, -0.15) is 0 Å². The number of hydrogen-bond donors (Lipinski definition) is 1. The van der Waals surface area contributed by atoms with Gasteiger partial charge in [-0.15, -0.1) is 0 Å². The Morgan fingerprint density at radius 3 is 2.22 bits per heavy atom. The molecular formula is C12H25NO4Si. The Morgan fingerprint density at radius 1 is 1.11 bits per heavy atom. The van der Waals surface area contributed by atoms with Crippen molar-refractivity contribution in [2.45, 2.75) is 44.1 Å². The minimum Gasteiger partial charge on any atom is -0.376 e. The Balaban J connectivity index is 1.99. The fraction of sp³-hybridized carbons (Fsp3) is 1.00. The van der Waals surface area contributed by atoms with Gasteiger partial charge in [-0.25, -0.2) is 0 Å². The summed E-state index contributed by atoms with van der Waals surface area (Å²) in [6, 6.07) is 0. The average Bonchev–Trinajstić information content (AvgIpc) is 3.18. The van der Waals surface area contributed by atoms with Crippen LogP contribution >= 0.6 is 0 Å². The number of nitrogens with two attached hydrogens (primary N) is 1. The van der Waals surface area contributed by atoms with Gasteiger partial charge in [0.05, 0.1) is 17.9 Å². The molecule has 106 valence electrons. The van der Waals surface area contributed by atoms with Crippen LogP contribution in [0.1, 0.15) is 26.2 Å². The van der Waals surface area contributed by atoms with Crippen molar-refractivity contribution in [1.82, 2.24) is 0 Å². The highest BCUT2D eigenvalue weighted by atomic mass is 28.4. The van der Waals surface area contributed by atoms with Gasteiger partial charge in [-0.3, -0.25) is 0 Å². The Kier molecular flexibility index (Phi) is 4.46. The van der Waals surface area contributed by atoms with Gasteiger partial charge in [-0.1, -0.05) is 6.92 Å².